The Kier molecular flexibility index (Phi) is 4.32. The number of fused-ring (bicyclic) bond motifs is 1. The van der Waals surface area contributed by atoms with Gasteiger partial charge in [-0.15, -0.1) is 0 Å². The number of aryl methyl sites for hydroxylation is 1. The summed E-state index contributed by atoms with van der Waals surface area (Å²) in [5.41, 5.74) is 2.22. The zero-order chi connectivity index (χ0) is 16.4. The molecule has 6 nitrogen and oxygen atoms in total. The number of furan rings is 1. The fourth-order valence-corrected chi connectivity index (χ4v) is 3.28. The molecule has 2 aromatic rings. The molecule has 0 saturated carbocycles. The van der Waals surface area contributed by atoms with Gasteiger partial charge in [0.1, 0.15) is 11.6 Å². The van der Waals surface area contributed by atoms with Crippen molar-refractivity contribution in [3.8, 4) is 0 Å². The van der Waals surface area contributed by atoms with E-state index in [1.165, 1.54) is 0 Å². The summed E-state index contributed by atoms with van der Waals surface area (Å²) in [6, 6.07) is 5.74. The van der Waals surface area contributed by atoms with Gasteiger partial charge in [-0.2, -0.15) is 0 Å². The maximum atomic E-state index is 12.5. The standard InChI is InChI=1S/C18H21N3O3/c22-18(16-8-14-10-19-5-1-2-15(14)24-16)21-17-9-12(3-6-20-17)13-4-7-23-11-13/h3,6,8-9,13,19H,1-2,4-5,7,10-11H2,(H,20,21,22). The van der Waals surface area contributed by atoms with Crippen LogP contribution in [-0.2, 0) is 17.7 Å². The van der Waals surface area contributed by atoms with Crippen molar-refractivity contribution < 1.29 is 13.9 Å². The number of hydrogen-bond acceptors (Lipinski definition) is 5. The van der Waals surface area contributed by atoms with Crippen LogP contribution >= 0.6 is 0 Å². The van der Waals surface area contributed by atoms with Gasteiger partial charge in [0.05, 0.1) is 6.61 Å². The first kappa shape index (κ1) is 15.4. The molecule has 0 aromatic carbocycles. The van der Waals surface area contributed by atoms with Crippen molar-refractivity contribution in [3.05, 3.63) is 47.0 Å². The highest BCUT2D eigenvalue weighted by Gasteiger charge is 2.20. The second-order valence-electron chi connectivity index (χ2n) is 6.33. The van der Waals surface area contributed by atoms with Crippen LogP contribution in [0.1, 0.15) is 46.2 Å². The molecule has 6 heteroatoms. The zero-order valence-corrected chi connectivity index (χ0v) is 13.5. The third-order valence-electron chi connectivity index (χ3n) is 4.62. The molecule has 0 bridgehead atoms. The van der Waals surface area contributed by atoms with E-state index in [0.717, 1.165) is 62.5 Å². The smallest absolute Gasteiger partial charge is 0.292 e. The van der Waals surface area contributed by atoms with E-state index >= 15 is 0 Å². The second kappa shape index (κ2) is 6.75. The lowest BCUT2D eigenvalue weighted by Gasteiger charge is -2.09. The summed E-state index contributed by atoms with van der Waals surface area (Å²) in [4.78, 5) is 16.7. The molecular weight excluding hydrogens is 306 g/mol. The van der Waals surface area contributed by atoms with Gasteiger partial charge in [0.2, 0.25) is 0 Å². The van der Waals surface area contributed by atoms with E-state index in [2.05, 4.69) is 15.6 Å². The molecule has 2 aliphatic heterocycles. The van der Waals surface area contributed by atoms with Gasteiger partial charge in [-0.05, 0) is 43.1 Å². The first-order valence-electron chi connectivity index (χ1n) is 8.47. The molecule has 1 fully saturated rings. The van der Waals surface area contributed by atoms with E-state index in [1.54, 1.807) is 6.20 Å². The molecule has 4 heterocycles. The molecule has 126 valence electrons. The Hall–Kier alpha value is -2.18. The Labute approximate surface area is 140 Å². The molecule has 0 radical (unpaired) electrons. The van der Waals surface area contributed by atoms with Crippen LogP contribution in [-0.4, -0.2) is 30.6 Å². The number of aromatic nitrogens is 1. The van der Waals surface area contributed by atoms with Crippen molar-refractivity contribution in [2.75, 3.05) is 25.1 Å². The number of hydrogen-bond donors (Lipinski definition) is 2. The lowest BCUT2D eigenvalue weighted by molar-refractivity contribution is 0.0994. The first-order valence-corrected chi connectivity index (χ1v) is 8.47. The monoisotopic (exact) mass is 327 g/mol. The predicted molar refractivity (Wildman–Crippen MR) is 89.1 cm³/mol. The molecule has 2 aliphatic rings. The van der Waals surface area contributed by atoms with Crippen LogP contribution in [0.3, 0.4) is 0 Å². The molecule has 0 aliphatic carbocycles. The third-order valence-corrected chi connectivity index (χ3v) is 4.62. The summed E-state index contributed by atoms with van der Waals surface area (Å²) >= 11 is 0. The van der Waals surface area contributed by atoms with E-state index in [1.807, 2.05) is 18.2 Å². The highest BCUT2D eigenvalue weighted by molar-refractivity contribution is 6.01. The number of ether oxygens (including phenoxy) is 1. The lowest BCUT2D eigenvalue weighted by Crippen LogP contribution is -2.14. The predicted octanol–water partition coefficient (Wildman–Crippen LogP) is 2.47. The normalized spacial score (nSPS) is 20.4. The van der Waals surface area contributed by atoms with Crippen molar-refractivity contribution in [1.82, 2.24) is 10.3 Å². The Morgan fingerprint density at radius 2 is 2.33 bits per heavy atom. The molecule has 1 atom stereocenters. The van der Waals surface area contributed by atoms with E-state index in [-0.39, 0.29) is 5.91 Å². The second-order valence-corrected chi connectivity index (χ2v) is 6.33. The molecule has 24 heavy (non-hydrogen) atoms. The largest absolute Gasteiger partial charge is 0.456 e. The van der Waals surface area contributed by atoms with Crippen molar-refractivity contribution in [2.45, 2.75) is 31.7 Å². The van der Waals surface area contributed by atoms with Gasteiger partial charge >= 0.3 is 0 Å². The maximum absolute atomic E-state index is 12.5. The van der Waals surface area contributed by atoms with Crippen molar-refractivity contribution >= 4 is 11.7 Å². The van der Waals surface area contributed by atoms with Gasteiger partial charge in [0.15, 0.2) is 5.76 Å². The van der Waals surface area contributed by atoms with E-state index < -0.39 is 0 Å². The molecular formula is C18H21N3O3. The Morgan fingerprint density at radius 3 is 3.21 bits per heavy atom. The van der Waals surface area contributed by atoms with Crippen LogP contribution in [0.15, 0.2) is 28.8 Å². The van der Waals surface area contributed by atoms with Crippen molar-refractivity contribution in [1.29, 1.82) is 0 Å². The highest BCUT2D eigenvalue weighted by Crippen LogP contribution is 2.26. The number of nitrogens with zero attached hydrogens (tertiary/aromatic N) is 1. The summed E-state index contributed by atoms with van der Waals surface area (Å²) in [7, 11) is 0. The Morgan fingerprint density at radius 1 is 1.38 bits per heavy atom. The first-order chi connectivity index (χ1) is 11.8. The van der Waals surface area contributed by atoms with E-state index in [9.17, 15) is 4.79 Å². The number of pyridine rings is 1. The lowest BCUT2D eigenvalue weighted by atomic mass is 10.00. The maximum Gasteiger partial charge on any atom is 0.292 e. The van der Waals surface area contributed by atoms with Crippen LogP contribution in [0.5, 0.6) is 0 Å². The minimum Gasteiger partial charge on any atom is -0.456 e. The van der Waals surface area contributed by atoms with Gasteiger partial charge in [0.25, 0.3) is 5.91 Å². The molecule has 4 rings (SSSR count). The van der Waals surface area contributed by atoms with Crippen molar-refractivity contribution in [2.24, 2.45) is 0 Å². The fourth-order valence-electron chi connectivity index (χ4n) is 3.28. The number of amides is 1. The zero-order valence-electron chi connectivity index (χ0n) is 13.5. The van der Waals surface area contributed by atoms with Crippen LogP contribution in [0.2, 0.25) is 0 Å². The minimum absolute atomic E-state index is 0.254. The summed E-state index contributed by atoms with van der Waals surface area (Å²) < 4.78 is 11.2. The topological polar surface area (TPSA) is 76.4 Å². The summed E-state index contributed by atoms with van der Waals surface area (Å²) in [5.74, 6) is 1.94. The molecule has 2 N–H and O–H groups in total. The number of carbonyl (C=O) groups is 1. The molecule has 1 unspecified atom stereocenters. The van der Waals surface area contributed by atoms with Gasteiger partial charge in [0, 0.05) is 37.3 Å². The number of rotatable bonds is 3. The highest BCUT2D eigenvalue weighted by atomic mass is 16.5. The Bertz CT molecular complexity index is 711. The summed E-state index contributed by atoms with van der Waals surface area (Å²) in [5, 5.41) is 6.17. The van der Waals surface area contributed by atoms with Gasteiger partial charge in [-0.25, -0.2) is 4.98 Å². The Balaban J connectivity index is 1.49. The summed E-state index contributed by atoms with van der Waals surface area (Å²) in [6.07, 6.45) is 4.62. The summed E-state index contributed by atoms with van der Waals surface area (Å²) in [6.45, 7) is 3.25. The van der Waals surface area contributed by atoms with Gasteiger partial charge in [-0.3, -0.25) is 4.79 Å². The SMILES string of the molecule is O=C(Nc1cc(C2CCOC2)ccn1)c1cc2c(o1)CCCNC2. The molecule has 0 spiro atoms. The van der Waals surface area contributed by atoms with Crippen LogP contribution in [0.25, 0.3) is 0 Å². The minimum atomic E-state index is -0.254. The van der Waals surface area contributed by atoms with Gasteiger partial charge < -0.3 is 19.8 Å². The van der Waals surface area contributed by atoms with Crippen molar-refractivity contribution in [3.63, 3.8) is 0 Å². The average molecular weight is 327 g/mol. The molecule has 2 aromatic heterocycles. The number of carbonyl (C=O) groups excluding carboxylic acids is 1. The van der Waals surface area contributed by atoms with E-state index in [4.69, 9.17) is 9.15 Å². The van der Waals surface area contributed by atoms with Gasteiger partial charge in [-0.1, -0.05) is 0 Å². The fraction of sp³-hybridized carbons (Fsp3) is 0.444. The van der Waals surface area contributed by atoms with E-state index in [0.29, 0.717) is 17.5 Å². The van der Waals surface area contributed by atoms with Crippen LogP contribution in [0, 0.1) is 0 Å². The van der Waals surface area contributed by atoms with Crippen LogP contribution < -0.4 is 10.6 Å². The number of nitrogens with one attached hydrogen (secondary N) is 2. The number of anilines is 1. The van der Waals surface area contributed by atoms with Crippen LogP contribution in [0.4, 0.5) is 5.82 Å². The average Bonchev–Trinajstić information content (AvgIpc) is 3.22. The molecule has 1 saturated heterocycles. The quantitative estimate of drug-likeness (QED) is 0.906. The third kappa shape index (κ3) is 3.20. The molecule has 1 amide bonds.